The minimum Gasteiger partial charge on any atom is -0.313 e. The maximum atomic E-state index is 12.6. The molecule has 0 saturated carbocycles. The maximum absolute atomic E-state index is 12.6. The summed E-state index contributed by atoms with van der Waals surface area (Å²) in [4.78, 5) is 0.384. The first-order chi connectivity index (χ1) is 9.95. The molecule has 2 unspecified atom stereocenters. The number of sulfonamides is 1. The summed E-state index contributed by atoms with van der Waals surface area (Å²) in [5, 5.41) is 3.34. The lowest BCUT2D eigenvalue weighted by Crippen LogP contribution is -2.38. The van der Waals surface area contributed by atoms with Crippen molar-refractivity contribution in [1.82, 2.24) is 9.62 Å². The van der Waals surface area contributed by atoms with E-state index in [4.69, 9.17) is 0 Å². The molecule has 1 fully saturated rings. The van der Waals surface area contributed by atoms with Crippen LogP contribution in [0.4, 0.5) is 0 Å². The van der Waals surface area contributed by atoms with Gasteiger partial charge < -0.3 is 5.32 Å². The van der Waals surface area contributed by atoms with Gasteiger partial charge in [0.2, 0.25) is 10.0 Å². The second-order valence-electron chi connectivity index (χ2n) is 5.96. The van der Waals surface area contributed by atoms with Crippen LogP contribution >= 0.6 is 0 Å². The lowest BCUT2D eigenvalue weighted by Gasteiger charge is -2.21. The third-order valence-electron chi connectivity index (χ3n) is 4.41. The fourth-order valence-corrected chi connectivity index (χ4v) is 3.92. The first-order valence-corrected chi connectivity index (χ1v) is 9.19. The number of hydrogen-bond donors (Lipinski definition) is 1. The van der Waals surface area contributed by atoms with Crippen molar-refractivity contribution in [2.24, 2.45) is 0 Å². The summed E-state index contributed by atoms with van der Waals surface area (Å²) in [6.07, 6.45) is 3.23. The van der Waals surface area contributed by atoms with E-state index in [0.29, 0.717) is 17.4 Å². The van der Waals surface area contributed by atoms with Gasteiger partial charge in [-0.1, -0.05) is 26.0 Å². The van der Waals surface area contributed by atoms with Crippen molar-refractivity contribution in [3.63, 3.8) is 0 Å². The zero-order valence-electron chi connectivity index (χ0n) is 13.2. The molecule has 2 rings (SSSR count). The molecule has 1 saturated heterocycles. The Hall–Kier alpha value is -0.910. The fraction of sp³-hybridized carbons (Fsp3) is 0.625. The van der Waals surface area contributed by atoms with Gasteiger partial charge >= 0.3 is 0 Å². The van der Waals surface area contributed by atoms with E-state index in [-0.39, 0.29) is 6.04 Å². The van der Waals surface area contributed by atoms with Gasteiger partial charge in [0.1, 0.15) is 0 Å². The minimum absolute atomic E-state index is 0.282. The largest absolute Gasteiger partial charge is 0.313 e. The zero-order chi connectivity index (χ0) is 15.5. The molecule has 1 aliphatic heterocycles. The number of benzene rings is 1. The zero-order valence-corrected chi connectivity index (χ0v) is 14.0. The Bertz CT molecular complexity index is 548. The van der Waals surface area contributed by atoms with Crippen LogP contribution in [0.3, 0.4) is 0 Å². The van der Waals surface area contributed by atoms with Crippen molar-refractivity contribution in [2.45, 2.75) is 50.0 Å². The Morgan fingerprint density at radius 1 is 1.33 bits per heavy atom. The Morgan fingerprint density at radius 2 is 2.00 bits per heavy atom. The monoisotopic (exact) mass is 310 g/mol. The number of rotatable bonds is 6. The molecule has 4 nitrogen and oxygen atoms in total. The van der Waals surface area contributed by atoms with Gasteiger partial charge in [0.25, 0.3) is 0 Å². The van der Waals surface area contributed by atoms with Gasteiger partial charge in [-0.3, -0.25) is 0 Å². The van der Waals surface area contributed by atoms with E-state index in [0.717, 1.165) is 25.8 Å². The molecule has 118 valence electrons. The van der Waals surface area contributed by atoms with Crippen molar-refractivity contribution in [3.8, 4) is 0 Å². The van der Waals surface area contributed by atoms with Crippen LogP contribution in [-0.4, -0.2) is 38.9 Å². The molecular weight excluding hydrogens is 284 g/mol. The number of nitrogens with one attached hydrogen (secondary N) is 1. The van der Waals surface area contributed by atoms with Crippen LogP contribution in [0.2, 0.25) is 0 Å². The van der Waals surface area contributed by atoms with E-state index >= 15 is 0 Å². The molecule has 1 aromatic carbocycles. The molecule has 0 bridgehead atoms. The standard InChI is InChI=1S/C16H26N2O2S/c1-4-13(2)14-7-9-16(10-8-14)21(19,20)18(3)12-15-6-5-11-17-15/h7-10,13,15,17H,4-6,11-12H2,1-3H3. The summed E-state index contributed by atoms with van der Waals surface area (Å²) in [5.74, 6) is 0.460. The van der Waals surface area contributed by atoms with Crippen molar-refractivity contribution in [2.75, 3.05) is 20.1 Å². The highest BCUT2D eigenvalue weighted by atomic mass is 32.2. The number of nitrogens with zero attached hydrogens (tertiary/aromatic N) is 1. The highest BCUT2D eigenvalue weighted by Crippen LogP contribution is 2.22. The molecule has 21 heavy (non-hydrogen) atoms. The van der Waals surface area contributed by atoms with Crippen molar-refractivity contribution in [3.05, 3.63) is 29.8 Å². The first kappa shape index (κ1) is 16.5. The quantitative estimate of drug-likeness (QED) is 0.878. The maximum Gasteiger partial charge on any atom is 0.242 e. The number of hydrogen-bond acceptors (Lipinski definition) is 3. The SMILES string of the molecule is CCC(C)c1ccc(S(=O)(=O)N(C)CC2CCCN2)cc1. The van der Waals surface area contributed by atoms with E-state index in [1.54, 1.807) is 19.2 Å². The lowest BCUT2D eigenvalue weighted by molar-refractivity contribution is 0.417. The van der Waals surface area contributed by atoms with E-state index in [1.807, 2.05) is 12.1 Å². The van der Waals surface area contributed by atoms with Crippen LogP contribution in [0.15, 0.2) is 29.2 Å². The molecular formula is C16H26N2O2S. The minimum atomic E-state index is -3.38. The van der Waals surface area contributed by atoms with Crippen LogP contribution in [0, 0.1) is 0 Å². The third kappa shape index (κ3) is 3.84. The van der Waals surface area contributed by atoms with Crippen LogP contribution < -0.4 is 5.32 Å². The predicted molar refractivity (Wildman–Crippen MR) is 86.0 cm³/mol. The van der Waals surface area contributed by atoms with Gasteiger partial charge in [-0.2, -0.15) is 4.31 Å². The second kappa shape index (κ2) is 6.90. The molecule has 0 aliphatic carbocycles. The molecule has 5 heteroatoms. The highest BCUT2D eigenvalue weighted by molar-refractivity contribution is 7.89. The number of likely N-dealkylation sites (N-methyl/N-ethyl adjacent to an activating group) is 1. The molecule has 0 amide bonds. The molecule has 0 aromatic heterocycles. The molecule has 1 aromatic rings. The molecule has 1 aliphatic rings. The summed E-state index contributed by atoms with van der Waals surface area (Å²) < 4.78 is 26.6. The molecule has 1 N–H and O–H groups in total. The van der Waals surface area contributed by atoms with E-state index < -0.39 is 10.0 Å². The van der Waals surface area contributed by atoms with Gasteiger partial charge in [-0.05, 0) is 49.4 Å². The molecule has 0 radical (unpaired) electrons. The molecule has 1 heterocycles. The molecule has 2 atom stereocenters. The van der Waals surface area contributed by atoms with Gasteiger partial charge in [-0.15, -0.1) is 0 Å². The van der Waals surface area contributed by atoms with E-state index in [9.17, 15) is 8.42 Å². The van der Waals surface area contributed by atoms with Crippen LogP contribution in [0.5, 0.6) is 0 Å². The average Bonchev–Trinajstić information content (AvgIpc) is 2.99. The predicted octanol–water partition coefficient (Wildman–Crippen LogP) is 2.57. The normalized spacial score (nSPS) is 20.9. The Morgan fingerprint density at radius 3 is 2.52 bits per heavy atom. The fourth-order valence-electron chi connectivity index (χ4n) is 2.71. The van der Waals surface area contributed by atoms with Crippen molar-refractivity contribution < 1.29 is 8.42 Å². The topological polar surface area (TPSA) is 49.4 Å². The summed E-state index contributed by atoms with van der Waals surface area (Å²) in [5.41, 5.74) is 1.19. The smallest absolute Gasteiger partial charge is 0.242 e. The Labute approximate surface area is 128 Å². The van der Waals surface area contributed by atoms with Gasteiger partial charge in [0.05, 0.1) is 4.90 Å². The van der Waals surface area contributed by atoms with Crippen LogP contribution in [-0.2, 0) is 10.0 Å². The van der Waals surface area contributed by atoms with Crippen LogP contribution in [0.1, 0.15) is 44.6 Å². The summed E-state index contributed by atoms with van der Waals surface area (Å²) in [6.45, 7) is 5.82. The summed E-state index contributed by atoms with van der Waals surface area (Å²) in [7, 11) is -1.72. The second-order valence-corrected chi connectivity index (χ2v) is 8.00. The van der Waals surface area contributed by atoms with Gasteiger partial charge in [-0.25, -0.2) is 8.42 Å². The van der Waals surface area contributed by atoms with Gasteiger partial charge in [0, 0.05) is 19.6 Å². The van der Waals surface area contributed by atoms with Crippen molar-refractivity contribution >= 4 is 10.0 Å². The average molecular weight is 310 g/mol. The summed E-state index contributed by atoms with van der Waals surface area (Å²) >= 11 is 0. The first-order valence-electron chi connectivity index (χ1n) is 7.74. The van der Waals surface area contributed by atoms with Crippen LogP contribution in [0.25, 0.3) is 0 Å². The van der Waals surface area contributed by atoms with Crippen molar-refractivity contribution in [1.29, 1.82) is 0 Å². The molecule has 0 spiro atoms. The van der Waals surface area contributed by atoms with Gasteiger partial charge in [0.15, 0.2) is 0 Å². The lowest BCUT2D eigenvalue weighted by atomic mass is 9.99. The Balaban J connectivity index is 2.10. The Kier molecular flexibility index (Phi) is 5.41. The van der Waals surface area contributed by atoms with E-state index in [1.165, 1.54) is 9.87 Å². The highest BCUT2D eigenvalue weighted by Gasteiger charge is 2.25. The summed E-state index contributed by atoms with van der Waals surface area (Å²) in [6, 6.07) is 7.61. The third-order valence-corrected chi connectivity index (χ3v) is 6.25. The van der Waals surface area contributed by atoms with E-state index in [2.05, 4.69) is 19.2 Å².